The normalized spacial score (nSPS) is 11.0. The van der Waals surface area contributed by atoms with Crippen molar-refractivity contribution in [1.82, 2.24) is 0 Å². The van der Waals surface area contributed by atoms with Gasteiger partial charge in [0.25, 0.3) is 0 Å². The van der Waals surface area contributed by atoms with Crippen LogP contribution in [0.5, 0.6) is 11.5 Å². The molecule has 2 aromatic rings. The predicted molar refractivity (Wildman–Crippen MR) is 115 cm³/mol. The zero-order valence-electron chi connectivity index (χ0n) is 17.2. The lowest BCUT2D eigenvalue weighted by Gasteiger charge is -2.19. The summed E-state index contributed by atoms with van der Waals surface area (Å²) in [6.07, 6.45) is 7.56. The van der Waals surface area contributed by atoms with Gasteiger partial charge >= 0.3 is 0 Å². The molecule has 1 N–H and O–H groups in total. The van der Waals surface area contributed by atoms with E-state index in [2.05, 4.69) is 19.6 Å². The van der Waals surface area contributed by atoms with Crippen LogP contribution in [0.4, 0.5) is 0 Å². The zero-order chi connectivity index (χ0) is 20.5. The van der Waals surface area contributed by atoms with Crippen molar-refractivity contribution in [3.8, 4) is 11.5 Å². The van der Waals surface area contributed by atoms with Crippen molar-refractivity contribution < 1.29 is 19.3 Å². The maximum atomic E-state index is 10.7. The fraction of sp³-hybridized carbons (Fsp3) is 0.333. The number of ether oxygens (including phenoxy) is 3. The summed E-state index contributed by atoms with van der Waals surface area (Å²) < 4.78 is 16.1. The van der Waals surface area contributed by atoms with Crippen LogP contribution in [-0.4, -0.2) is 33.0 Å². The van der Waals surface area contributed by atoms with E-state index in [9.17, 15) is 5.11 Å². The Hall–Kier alpha value is -2.72. The number of rotatable bonds is 10. The highest BCUT2D eigenvalue weighted by atomic mass is 16.5. The fourth-order valence-electron chi connectivity index (χ4n) is 3.48. The van der Waals surface area contributed by atoms with Crippen LogP contribution >= 0.6 is 0 Å². The Kier molecular flexibility index (Phi) is 8.15. The van der Waals surface area contributed by atoms with E-state index < -0.39 is 0 Å². The molecule has 0 amide bonds. The van der Waals surface area contributed by atoms with Crippen LogP contribution in [0.2, 0.25) is 0 Å². The summed E-state index contributed by atoms with van der Waals surface area (Å²) in [5.74, 6) is 1.05. The number of benzene rings is 2. The molecule has 2 rings (SSSR count). The second-order valence-electron chi connectivity index (χ2n) is 6.47. The van der Waals surface area contributed by atoms with E-state index in [1.54, 1.807) is 33.7 Å². The first-order chi connectivity index (χ1) is 13.6. The molecular weight excluding hydrogens is 352 g/mol. The van der Waals surface area contributed by atoms with Gasteiger partial charge in [0, 0.05) is 24.7 Å². The van der Waals surface area contributed by atoms with Gasteiger partial charge in [0.15, 0.2) is 0 Å². The Balaban J connectivity index is 2.67. The number of methoxy groups -OCH3 is 3. The number of aromatic hydroxyl groups is 1. The van der Waals surface area contributed by atoms with Gasteiger partial charge in [-0.3, -0.25) is 0 Å². The third-order valence-electron chi connectivity index (χ3n) is 4.95. The third-order valence-corrected chi connectivity index (χ3v) is 4.95. The van der Waals surface area contributed by atoms with E-state index in [1.807, 2.05) is 24.3 Å². The van der Waals surface area contributed by atoms with Crippen LogP contribution in [0.1, 0.15) is 40.3 Å². The molecule has 0 aliphatic heterocycles. The summed E-state index contributed by atoms with van der Waals surface area (Å²) in [5, 5.41) is 10.7. The van der Waals surface area contributed by atoms with Gasteiger partial charge in [0.2, 0.25) is 0 Å². The largest absolute Gasteiger partial charge is 0.508 e. The second-order valence-corrected chi connectivity index (χ2v) is 6.47. The first-order valence-electron chi connectivity index (χ1n) is 9.44. The van der Waals surface area contributed by atoms with Crippen LogP contribution in [0.25, 0.3) is 12.2 Å². The molecule has 4 heteroatoms. The predicted octanol–water partition coefficient (Wildman–Crippen LogP) is 5.00. The van der Waals surface area contributed by atoms with Crippen LogP contribution < -0.4 is 4.74 Å². The molecule has 0 radical (unpaired) electrons. The summed E-state index contributed by atoms with van der Waals surface area (Å²) >= 11 is 0. The lowest BCUT2D eigenvalue weighted by molar-refractivity contribution is 0.202. The number of phenolic OH excluding ortho intramolecular Hbond substituents is 1. The molecule has 0 saturated heterocycles. The Morgan fingerprint density at radius 1 is 1.04 bits per heavy atom. The SMILES string of the molecule is C=Cc1ccc(O)c(Cc2c(OC)ccc(CC)c2/C=C/OC)c1CCOC. The zero-order valence-corrected chi connectivity index (χ0v) is 17.2. The van der Waals surface area contributed by atoms with Gasteiger partial charge in [-0.2, -0.15) is 0 Å². The number of aryl methyl sites for hydroxylation is 1. The highest BCUT2D eigenvalue weighted by Crippen LogP contribution is 2.35. The lowest BCUT2D eigenvalue weighted by atomic mass is 9.89. The van der Waals surface area contributed by atoms with Gasteiger partial charge in [0.05, 0.1) is 27.1 Å². The van der Waals surface area contributed by atoms with E-state index in [1.165, 1.54) is 5.56 Å². The van der Waals surface area contributed by atoms with E-state index in [4.69, 9.17) is 14.2 Å². The maximum absolute atomic E-state index is 10.7. The third kappa shape index (κ3) is 4.76. The van der Waals surface area contributed by atoms with Crippen molar-refractivity contribution in [3.63, 3.8) is 0 Å². The highest BCUT2D eigenvalue weighted by Gasteiger charge is 2.18. The number of phenols is 1. The van der Waals surface area contributed by atoms with E-state index >= 15 is 0 Å². The molecule has 0 aromatic heterocycles. The summed E-state index contributed by atoms with van der Waals surface area (Å²) in [6, 6.07) is 7.68. The molecule has 0 bridgehead atoms. The number of hydrogen-bond donors (Lipinski definition) is 1. The maximum Gasteiger partial charge on any atom is 0.123 e. The van der Waals surface area contributed by atoms with Gasteiger partial charge in [-0.25, -0.2) is 0 Å². The second kappa shape index (κ2) is 10.6. The van der Waals surface area contributed by atoms with Crippen molar-refractivity contribution in [2.45, 2.75) is 26.2 Å². The average Bonchev–Trinajstić information content (AvgIpc) is 2.72. The van der Waals surface area contributed by atoms with Gasteiger partial charge in [-0.1, -0.05) is 31.7 Å². The molecule has 0 aliphatic rings. The van der Waals surface area contributed by atoms with Gasteiger partial charge in [0.1, 0.15) is 11.5 Å². The molecule has 0 saturated carbocycles. The summed E-state index contributed by atoms with van der Waals surface area (Å²) in [4.78, 5) is 0. The molecule has 4 nitrogen and oxygen atoms in total. The Labute approximate surface area is 168 Å². The highest BCUT2D eigenvalue weighted by molar-refractivity contribution is 5.65. The minimum absolute atomic E-state index is 0.266. The molecule has 0 spiro atoms. The quantitative estimate of drug-likeness (QED) is 0.587. The van der Waals surface area contributed by atoms with Gasteiger partial charge in [-0.15, -0.1) is 0 Å². The van der Waals surface area contributed by atoms with Crippen molar-refractivity contribution in [3.05, 3.63) is 70.5 Å². The molecule has 0 heterocycles. The van der Waals surface area contributed by atoms with E-state index in [0.717, 1.165) is 40.0 Å². The minimum atomic E-state index is 0.266. The number of hydrogen-bond acceptors (Lipinski definition) is 4. The van der Waals surface area contributed by atoms with Crippen LogP contribution in [0.15, 0.2) is 37.1 Å². The summed E-state index contributed by atoms with van der Waals surface area (Å²) in [7, 11) is 4.97. The molecule has 0 aliphatic carbocycles. The van der Waals surface area contributed by atoms with Crippen LogP contribution in [-0.2, 0) is 28.7 Å². The molecule has 0 fully saturated rings. The van der Waals surface area contributed by atoms with Crippen molar-refractivity contribution >= 4 is 12.2 Å². The van der Waals surface area contributed by atoms with E-state index in [0.29, 0.717) is 19.4 Å². The first-order valence-corrected chi connectivity index (χ1v) is 9.44. The van der Waals surface area contributed by atoms with Crippen LogP contribution in [0, 0.1) is 0 Å². The fourth-order valence-corrected chi connectivity index (χ4v) is 3.48. The molecule has 2 aromatic carbocycles. The molecule has 0 atom stereocenters. The van der Waals surface area contributed by atoms with Crippen molar-refractivity contribution in [2.24, 2.45) is 0 Å². The summed E-state index contributed by atoms with van der Waals surface area (Å²) in [6.45, 7) is 6.61. The minimum Gasteiger partial charge on any atom is -0.508 e. The average molecular weight is 383 g/mol. The Morgan fingerprint density at radius 2 is 1.82 bits per heavy atom. The standard InChI is InChI=1S/C24H30O4/c1-6-17-8-10-23(25)21(19(17)12-14-26-3)16-22-20(13-15-27-4)18(7-2)9-11-24(22)28-5/h6,8-11,13,15,25H,1,7,12,14,16H2,2-5H3/b15-13+. The van der Waals surface area contributed by atoms with Gasteiger partial charge in [-0.05, 0) is 53.3 Å². The Morgan fingerprint density at radius 3 is 2.43 bits per heavy atom. The monoisotopic (exact) mass is 382 g/mol. The summed E-state index contributed by atoms with van der Waals surface area (Å²) in [5.41, 5.74) is 6.19. The topological polar surface area (TPSA) is 47.9 Å². The lowest BCUT2D eigenvalue weighted by Crippen LogP contribution is -2.06. The molecule has 28 heavy (non-hydrogen) atoms. The van der Waals surface area contributed by atoms with Crippen molar-refractivity contribution in [2.75, 3.05) is 27.9 Å². The molecule has 0 unspecified atom stereocenters. The smallest absolute Gasteiger partial charge is 0.123 e. The van der Waals surface area contributed by atoms with Crippen LogP contribution in [0.3, 0.4) is 0 Å². The van der Waals surface area contributed by atoms with Gasteiger partial charge < -0.3 is 19.3 Å². The van der Waals surface area contributed by atoms with E-state index in [-0.39, 0.29) is 5.75 Å². The Bertz CT molecular complexity index is 837. The molecule has 150 valence electrons. The first kappa shape index (κ1) is 21.6. The van der Waals surface area contributed by atoms with Crippen molar-refractivity contribution in [1.29, 1.82) is 0 Å². The molecular formula is C24H30O4.